The van der Waals surface area contributed by atoms with Gasteiger partial charge in [0.05, 0.1) is 0 Å². The van der Waals surface area contributed by atoms with Crippen molar-refractivity contribution in [3.63, 3.8) is 0 Å². The standard InChI is InChI=1S/C16H35N/c1-5-9-11-15(7-3)13-16(8-4,14-17)12-10-6-2/h15H,5-14,17H2,1-4H3. The maximum Gasteiger partial charge on any atom is -0.00205 e. The van der Waals surface area contributed by atoms with Crippen LogP contribution in [0.25, 0.3) is 0 Å². The number of nitrogens with two attached hydrogens (primary N) is 1. The summed E-state index contributed by atoms with van der Waals surface area (Å²) in [5.41, 5.74) is 6.53. The lowest BCUT2D eigenvalue weighted by molar-refractivity contribution is 0.180. The molecule has 0 aliphatic heterocycles. The SMILES string of the molecule is CCCCC(CC)CC(CC)(CN)CCCC. The summed E-state index contributed by atoms with van der Waals surface area (Å²) < 4.78 is 0. The molecule has 0 aliphatic carbocycles. The Morgan fingerprint density at radius 1 is 1.00 bits per heavy atom. The van der Waals surface area contributed by atoms with Crippen molar-refractivity contribution in [1.29, 1.82) is 0 Å². The van der Waals surface area contributed by atoms with Crippen LogP contribution < -0.4 is 5.73 Å². The normalized spacial score (nSPS) is 16.8. The second-order valence-electron chi connectivity index (χ2n) is 5.78. The number of rotatable bonds is 11. The van der Waals surface area contributed by atoms with Crippen LogP contribution in [0.3, 0.4) is 0 Å². The molecule has 1 heteroatoms. The van der Waals surface area contributed by atoms with Crippen molar-refractivity contribution in [2.24, 2.45) is 17.1 Å². The lowest BCUT2D eigenvalue weighted by Crippen LogP contribution is -2.32. The molecule has 0 aromatic rings. The largest absolute Gasteiger partial charge is 0.330 e. The van der Waals surface area contributed by atoms with Crippen molar-refractivity contribution < 1.29 is 0 Å². The van der Waals surface area contributed by atoms with Gasteiger partial charge in [0.25, 0.3) is 0 Å². The Kier molecular flexibility index (Phi) is 9.91. The van der Waals surface area contributed by atoms with Gasteiger partial charge in [-0.3, -0.25) is 0 Å². The molecule has 104 valence electrons. The molecule has 0 fully saturated rings. The van der Waals surface area contributed by atoms with Gasteiger partial charge in [0.15, 0.2) is 0 Å². The van der Waals surface area contributed by atoms with Crippen LogP contribution in [0, 0.1) is 11.3 Å². The molecule has 0 saturated carbocycles. The Bertz CT molecular complexity index is 161. The van der Waals surface area contributed by atoms with E-state index in [2.05, 4.69) is 27.7 Å². The quantitative estimate of drug-likeness (QED) is 0.532. The van der Waals surface area contributed by atoms with Gasteiger partial charge in [-0.25, -0.2) is 0 Å². The fraction of sp³-hybridized carbons (Fsp3) is 1.00. The van der Waals surface area contributed by atoms with Gasteiger partial charge >= 0.3 is 0 Å². The van der Waals surface area contributed by atoms with Gasteiger partial charge in [-0.15, -0.1) is 0 Å². The van der Waals surface area contributed by atoms with Crippen molar-refractivity contribution in [3.8, 4) is 0 Å². The summed E-state index contributed by atoms with van der Waals surface area (Å²) >= 11 is 0. The minimum absolute atomic E-state index is 0.435. The molecule has 2 N–H and O–H groups in total. The van der Waals surface area contributed by atoms with Crippen molar-refractivity contribution in [1.82, 2.24) is 0 Å². The van der Waals surface area contributed by atoms with Crippen LogP contribution in [0.2, 0.25) is 0 Å². The predicted octanol–water partition coefficient (Wildman–Crippen LogP) is 5.14. The van der Waals surface area contributed by atoms with Gasteiger partial charge in [0, 0.05) is 0 Å². The summed E-state index contributed by atoms with van der Waals surface area (Å²) in [6.45, 7) is 10.1. The average Bonchev–Trinajstić information content (AvgIpc) is 2.39. The number of unbranched alkanes of at least 4 members (excludes halogenated alkanes) is 2. The summed E-state index contributed by atoms with van der Waals surface area (Å²) in [5.74, 6) is 0.898. The lowest BCUT2D eigenvalue weighted by Gasteiger charge is -2.35. The molecule has 0 heterocycles. The molecule has 0 aromatic heterocycles. The highest BCUT2D eigenvalue weighted by Gasteiger charge is 2.28. The Balaban J connectivity index is 4.36. The minimum atomic E-state index is 0.435. The number of hydrogen-bond acceptors (Lipinski definition) is 1. The highest BCUT2D eigenvalue weighted by molar-refractivity contribution is 4.81. The van der Waals surface area contributed by atoms with Crippen LogP contribution in [0.1, 0.15) is 85.5 Å². The van der Waals surface area contributed by atoms with E-state index in [0.29, 0.717) is 5.41 Å². The van der Waals surface area contributed by atoms with Gasteiger partial charge in [-0.1, -0.05) is 66.2 Å². The maximum absolute atomic E-state index is 6.09. The van der Waals surface area contributed by atoms with E-state index in [1.165, 1.54) is 57.8 Å². The maximum atomic E-state index is 6.09. The van der Waals surface area contributed by atoms with Gasteiger partial charge in [-0.05, 0) is 37.1 Å². The molecule has 2 atom stereocenters. The molecular formula is C16H35N. The lowest BCUT2D eigenvalue weighted by atomic mass is 9.72. The molecule has 0 aliphatic rings. The first-order valence-corrected chi connectivity index (χ1v) is 7.88. The molecule has 0 radical (unpaired) electrons. The second kappa shape index (κ2) is 9.94. The Morgan fingerprint density at radius 3 is 2.06 bits per heavy atom. The van der Waals surface area contributed by atoms with Crippen molar-refractivity contribution >= 4 is 0 Å². The molecule has 17 heavy (non-hydrogen) atoms. The summed E-state index contributed by atoms with van der Waals surface area (Å²) in [4.78, 5) is 0. The van der Waals surface area contributed by atoms with Crippen LogP contribution in [0.5, 0.6) is 0 Å². The first-order chi connectivity index (χ1) is 8.17. The highest BCUT2D eigenvalue weighted by Crippen LogP contribution is 2.37. The van der Waals surface area contributed by atoms with E-state index >= 15 is 0 Å². The monoisotopic (exact) mass is 241 g/mol. The third kappa shape index (κ3) is 6.45. The topological polar surface area (TPSA) is 26.0 Å². The second-order valence-corrected chi connectivity index (χ2v) is 5.78. The Labute approximate surface area is 110 Å². The summed E-state index contributed by atoms with van der Waals surface area (Å²) in [6.07, 6.45) is 12.0. The fourth-order valence-electron chi connectivity index (χ4n) is 2.86. The zero-order valence-corrected chi connectivity index (χ0v) is 12.7. The number of hydrogen-bond donors (Lipinski definition) is 1. The van der Waals surface area contributed by atoms with E-state index in [4.69, 9.17) is 5.73 Å². The first kappa shape index (κ1) is 17.0. The molecule has 1 nitrogen and oxygen atoms in total. The van der Waals surface area contributed by atoms with Crippen LogP contribution >= 0.6 is 0 Å². The molecule has 0 saturated heterocycles. The third-order valence-electron chi connectivity index (χ3n) is 4.51. The molecule has 0 amide bonds. The molecule has 0 rings (SSSR count). The summed E-state index contributed by atoms with van der Waals surface area (Å²) in [7, 11) is 0. The van der Waals surface area contributed by atoms with Gasteiger partial charge in [-0.2, -0.15) is 0 Å². The zero-order chi connectivity index (χ0) is 13.1. The summed E-state index contributed by atoms with van der Waals surface area (Å²) in [6, 6.07) is 0. The molecule has 0 spiro atoms. The molecular weight excluding hydrogens is 206 g/mol. The van der Waals surface area contributed by atoms with E-state index in [9.17, 15) is 0 Å². The summed E-state index contributed by atoms with van der Waals surface area (Å²) in [5, 5.41) is 0. The molecule has 0 bridgehead atoms. The Hall–Kier alpha value is -0.0400. The van der Waals surface area contributed by atoms with E-state index in [1.54, 1.807) is 0 Å². The smallest absolute Gasteiger partial charge is 0.00205 e. The third-order valence-corrected chi connectivity index (χ3v) is 4.51. The predicted molar refractivity (Wildman–Crippen MR) is 79.2 cm³/mol. The fourth-order valence-corrected chi connectivity index (χ4v) is 2.86. The average molecular weight is 241 g/mol. The highest BCUT2D eigenvalue weighted by atomic mass is 14.6. The van der Waals surface area contributed by atoms with E-state index in [-0.39, 0.29) is 0 Å². The van der Waals surface area contributed by atoms with E-state index < -0.39 is 0 Å². The molecule has 0 aromatic carbocycles. The van der Waals surface area contributed by atoms with Crippen molar-refractivity contribution in [2.45, 2.75) is 85.5 Å². The van der Waals surface area contributed by atoms with E-state index in [1.807, 2.05) is 0 Å². The van der Waals surface area contributed by atoms with Crippen molar-refractivity contribution in [3.05, 3.63) is 0 Å². The van der Waals surface area contributed by atoms with Crippen LogP contribution in [-0.4, -0.2) is 6.54 Å². The van der Waals surface area contributed by atoms with Crippen molar-refractivity contribution in [2.75, 3.05) is 6.54 Å². The van der Waals surface area contributed by atoms with Crippen LogP contribution in [0.15, 0.2) is 0 Å². The van der Waals surface area contributed by atoms with Gasteiger partial charge < -0.3 is 5.73 Å². The van der Waals surface area contributed by atoms with Crippen LogP contribution in [0.4, 0.5) is 0 Å². The van der Waals surface area contributed by atoms with E-state index in [0.717, 1.165) is 12.5 Å². The minimum Gasteiger partial charge on any atom is -0.330 e. The first-order valence-electron chi connectivity index (χ1n) is 7.88. The van der Waals surface area contributed by atoms with Gasteiger partial charge in [0.2, 0.25) is 0 Å². The van der Waals surface area contributed by atoms with Crippen LogP contribution in [-0.2, 0) is 0 Å². The molecule has 2 unspecified atom stereocenters. The van der Waals surface area contributed by atoms with Gasteiger partial charge in [0.1, 0.15) is 0 Å². The zero-order valence-electron chi connectivity index (χ0n) is 12.7. The Morgan fingerprint density at radius 2 is 1.65 bits per heavy atom.